The van der Waals surface area contributed by atoms with Crippen LogP contribution in [0.2, 0.25) is 0 Å². The van der Waals surface area contributed by atoms with E-state index in [1.807, 2.05) is 12.1 Å². The molecule has 1 aromatic heterocycles. The van der Waals surface area contributed by atoms with Crippen molar-refractivity contribution in [3.63, 3.8) is 0 Å². The van der Waals surface area contributed by atoms with E-state index in [-0.39, 0.29) is 0 Å². The number of anilines is 1. The van der Waals surface area contributed by atoms with Gasteiger partial charge in [-0.05, 0) is 57.2 Å². The minimum atomic E-state index is 0.599. The van der Waals surface area contributed by atoms with Crippen LogP contribution in [0.5, 0.6) is 5.88 Å². The molecule has 0 atom stereocenters. The zero-order valence-electron chi connectivity index (χ0n) is 13.3. The molecule has 1 aliphatic heterocycles. The van der Waals surface area contributed by atoms with Crippen molar-refractivity contribution >= 4 is 23.0 Å². The van der Waals surface area contributed by atoms with Gasteiger partial charge in [-0.25, -0.2) is 4.98 Å². The summed E-state index contributed by atoms with van der Waals surface area (Å²) in [6.07, 6.45) is 8.29. The first kappa shape index (κ1) is 17.0. The summed E-state index contributed by atoms with van der Waals surface area (Å²) in [5.41, 5.74) is 0.866. The maximum absolute atomic E-state index is 5.29. The zero-order valence-corrected chi connectivity index (χ0v) is 14.1. The number of nitrogens with one attached hydrogen (secondary N) is 2. The molecule has 5 nitrogen and oxygen atoms in total. The van der Waals surface area contributed by atoms with E-state index in [2.05, 4.69) is 20.5 Å². The van der Waals surface area contributed by atoms with Crippen LogP contribution >= 0.6 is 12.2 Å². The second-order valence-corrected chi connectivity index (χ2v) is 5.99. The highest BCUT2D eigenvalue weighted by Gasteiger charge is 2.08. The van der Waals surface area contributed by atoms with Gasteiger partial charge in [0.15, 0.2) is 5.11 Å². The number of aromatic nitrogens is 1. The van der Waals surface area contributed by atoms with Gasteiger partial charge < -0.3 is 20.3 Å². The highest BCUT2D eigenvalue weighted by molar-refractivity contribution is 7.80. The zero-order chi connectivity index (χ0) is 15.6. The lowest BCUT2D eigenvalue weighted by molar-refractivity contribution is 0.282. The Morgan fingerprint density at radius 2 is 2.05 bits per heavy atom. The first-order valence-electron chi connectivity index (χ1n) is 8.05. The first-order chi connectivity index (χ1) is 10.8. The third kappa shape index (κ3) is 6.15. The number of likely N-dealkylation sites (tertiary alicyclic amines) is 1. The summed E-state index contributed by atoms with van der Waals surface area (Å²) < 4.78 is 5.03. The highest BCUT2D eigenvalue weighted by atomic mass is 32.1. The molecule has 6 heteroatoms. The van der Waals surface area contributed by atoms with Crippen LogP contribution in [0, 0.1) is 0 Å². The molecular formula is C16H26N4OS. The Morgan fingerprint density at radius 1 is 1.27 bits per heavy atom. The molecule has 0 aliphatic carbocycles. The lowest BCUT2D eigenvalue weighted by Gasteiger charge is -2.19. The number of hydrogen-bond acceptors (Lipinski definition) is 4. The summed E-state index contributed by atoms with van der Waals surface area (Å²) in [5, 5.41) is 7.02. The average molecular weight is 322 g/mol. The molecular weight excluding hydrogens is 296 g/mol. The van der Waals surface area contributed by atoms with Gasteiger partial charge >= 0.3 is 0 Å². The van der Waals surface area contributed by atoms with Crippen molar-refractivity contribution in [1.82, 2.24) is 15.2 Å². The van der Waals surface area contributed by atoms with Crippen molar-refractivity contribution in [1.29, 1.82) is 0 Å². The van der Waals surface area contributed by atoms with Crippen LogP contribution in [-0.4, -0.2) is 48.3 Å². The lowest BCUT2D eigenvalue weighted by Crippen LogP contribution is -2.32. The number of methoxy groups -OCH3 is 1. The third-order valence-electron chi connectivity index (χ3n) is 3.84. The summed E-state index contributed by atoms with van der Waals surface area (Å²) in [7, 11) is 1.60. The molecule has 1 fully saturated rings. The number of hydrogen-bond donors (Lipinski definition) is 2. The first-order valence-corrected chi connectivity index (χ1v) is 8.46. The number of thiocarbonyl (C=S) groups is 1. The van der Waals surface area contributed by atoms with Crippen LogP contribution in [0.3, 0.4) is 0 Å². The molecule has 0 spiro atoms. The Morgan fingerprint density at radius 3 is 2.68 bits per heavy atom. The Kier molecular flexibility index (Phi) is 7.39. The van der Waals surface area contributed by atoms with Crippen LogP contribution in [-0.2, 0) is 0 Å². The van der Waals surface area contributed by atoms with E-state index in [0.717, 1.165) is 25.2 Å². The molecule has 0 radical (unpaired) electrons. The molecule has 2 heterocycles. The largest absolute Gasteiger partial charge is 0.481 e. The molecule has 0 amide bonds. The normalized spacial score (nSPS) is 15.9. The number of nitrogens with zero attached hydrogens (tertiary/aromatic N) is 2. The van der Waals surface area contributed by atoms with Crippen molar-refractivity contribution in [3.05, 3.63) is 18.3 Å². The Hall–Kier alpha value is -1.40. The standard InChI is InChI=1S/C16H26N4OS/c1-21-15-8-7-14(13-18-15)19-16(22)17-9-6-12-20-10-4-2-3-5-11-20/h7-8,13H,2-6,9-12H2,1H3,(H2,17,19,22). The third-order valence-corrected chi connectivity index (χ3v) is 4.09. The predicted octanol–water partition coefficient (Wildman–Crippen LogP) is 2.64. The molecule has 1 aromatic rings. The van der Waals surface area contributed by atoms with E-state index in [9.17, 15) is 0 Å². The quantitative estimate of drug-likeness (QED) is 0.620. The van der Waals surface area contributed by atoms with Gasteiger partial charge in [0.1, 0.15) is 0 Å². The van der Waals surface area contributed by atoms with E-state index in [4.69, 9.17) is 17.0 Å². The molecule has 0 bridgehead atoms. The van der Waals surface area contributed by atoms with Gasteiger partial charge in [0.2, 0.25) is 5.88 Å². The molecule has 0 aromatic carbocycles. The fourth-order valence-electron chi connectivity index (χ4n) is 2.61. The van der Waals surface area contributed by atoms with Crippen LogP contribution in [0.25, 0.3) is 0 Å². The van der Waals surface area contributed by atoms with Gasteiger partial charge in [-0.2, -0.15) is 0 Å². The maximum atomic E-state index is 5.29. The highest BCUT2D eigenvalue weighted by Crippen LogP contribution is 2.11. The predicted molar refractivity (Wildman–Crippen MR) is 94.5 cm³/mol. The van der Waals surface area contributed by atoms with E-state index >= 15 is 0 Å². The molecule has 1 aliphatic rings. The van der Waals surface area contributed by atoms with Crippen LogP contribution in [0.1, 0.15) is 32.1 Å². The summed E-state index contributed by atoms with van der Waals surface area (Å²) in [6.45, 7) is 4.55. The minimum Gasteiger partial charge on any atom is -0.481 e. The Labute approximate surface area is 138 Å². The summed E-state index contributed by atoms with van der Waals surface area (Å²) in [4.78, 5) is 6.71. The average Bonchev–Trinajstić information content (AvgIpc) is 2.81. The summed E-state index contributed by atoms with van der Waals surface area (Å²) in [5.74, 6) is 0.599. The van der Waals surface area contributed by atoms with Gasteiger partial charge in [0.05, 0.1) is 19.0 Å². The SMILES string of the molecule is COc1ccc(NC(=S)NCCCN2CCCCCC2)cn1. The minimum absolute atomic E-state index is 0.599. The molecule has 0 saturated carbocycles. The molecule has 2 N–H and O–H groups in total. The van der Waals surface area contributed by atoms with Gasteiger partial charge in [0, 0.05) is 12.6 Å². The van der Waals surface area contributed by atoms with Crippen molar-refractivity contribution in [2.24, 2.45) is 0 Å². The van der Waals surface area contributed by atoms with Gasteiger partial charge in [-0.3, -0.25) is 0 Å². The smallest absolute Gasteiger partial charge is 0.213 e. The molecule has 22 heavy (non-hydrogen) atoms. The van der Waals surface area contributed by atoms with Crippen LogP contribution < -0.4 is 15.4 Å². The van der Waals surface area contributed by atoms with Crippen LogP contribution in [0.4, 0.5) is 5.69 Å². The maximum Gasteiger partial charge on any atom is 0.213 e. The fourth-order valence-corrected chi connectivity index (χ4v) is 2.83. The summed E-state index contributed by atoms with van der Waals surface area (Å²) in [6, 6.07) is 3.71. The van der Waals surface area contributed by atoms with E-state index < -0.39 is 0 Å². The van der Waals surface area contributed by atoms with E-state index in [1.54, 1.807) is 13.3 Å². The second-order valence-electron chi connectivity index (χ2n) is 5.58. The van der Waals surface area contributed by atoms with Crippen molar-refractivity contribution in [3.8, 4) is 5.88 Å². The molecule has 2 rings (SSSR count). The van der Waals surface area contributed by atoms with E-state index in [0.29, 0.717) is 11.0 Å². The molecule has 122 valence electrons. The molecule has 0 unspecified atom stereocenters. The van der Waals surface area contributed by atoms with Crippen molar-refractivity contribution in [2.75, 3.05) is 38.6 Å². The second kappa shape index (κ2) is 9.58. The number of ether oxygens (including phenoxy) is 1. The van der Waals surface area contributed by atoms with Crippen LogP contribution in [0.15, 0.2) is 18.3 Å². The van der Waals surface area contributed by atoms with Crippen molar-refractivity contribution < 1.29 is 4.74 Å². The topological polar surface area (TPSA) is 49.4 Å². The number of pyridine rings is 1. The summed E-state index contributed by atoms with van der Waals surface area (Å²) >= 11 is 5.29. The lowest BCUT2D eigenvalue weighted by atomic mass is 10.2. The Bertz CT molecular complexity index is 444. The van der Waals surface area contributed by atoms with Gasteiger partial charge in [-0.15, -0.1) is 0 Å². The monoisotopic (exact) mass is 322 g/mol. The molecule has 1 saturated heterocycles. The van der Waals surface area contributed by atoms with Gasteiger partial charge in [-0.1, -0.05) is 12.8 Å². The Balaban J connectivity index is 1.60. The fraction of sp³-hybridized carbons (Fsp3) is 0.625. The van der Waals surface area contributed by atoms with Gasteiger partial charge in [0.25, 0.3) is 0 Å². The van der Waals surface area contributed by atoms with Crippen molar-refractivity contribution in [2.45, 2.75) is 32.1 Å². The number of rotatable bonds is 6. The van der Waals surface area contributed by atoms with E-state index in [1.165, 1.54) is 38.8 Å².